The molecule has 5 aromatic rings. The molecule has 42 heavy (non-hydrogen) atoms. The molecule has 1 atom stereocenters. The zero-order valence-corrected chi connectivity index (χ0v) is 23.4. The maximum absolute atomic E-state index is 14.3. The minimum Gasteiger partial charge on any atom is -0.478 e. The highest BCUT2D eigenvalue weighted by Gasteiger charge is 2.33. The zero-order chi connectivity index (χ0) is 30.2. The van der Waals surface area contributed by atoms with Gasteiger partial charge in [-0.05, 0) is 76.9 Å². The van der Waals surface area contributed by atoms with Crippen molar-refractivity contribution in [2.75, 3.05) is 0 Å². The summed E-state index contributed by atoms with van der Waals surface area (Å²) in [5, 5.41) is 8.63. The van der Waals surface area contributed by atoms with Crippen LogP contribution in [0.2, 0.25) is 5.02 Å². The first-order valence-electron chi connectivity index (χ1n) is 12.6. The molecule has 0 bridgehead atoms. The normalized spacial score (nSPS) is 12.8. The van der Waals surface area contributed by atoms with E-state index in [-0.39, 0.29) is 28.6 Å². The zero-order valence-electron chi connectivity index (χ0n) is 21.8. The van der Waals surface area contributed by atoms with Crippen LogP contribution < -0.4 is 0 Å². The molecular weight excluding hydrogens is 587 g/mol. The topological polar surface area (TPSA) is 76.4 Å². The second kappa shape index (κ2) is 11.2. The van der Waals surface area contributed by atoms with Crippen LogP contribution in [0.4, 0.5) is 13.2 Å². The molecule has 1 aromatic heterocycles. The van der Waals surface area contributed by atoms with Crippen molar-refractivity contribution in [1.82, 2.24) is 3.97 Å². The quantitative estimate of drug-likeness (QED) is 0.179. The van der Waals surface area contributed by atoms with E-state index in [9.17, 15) is 31.5 Å². The number of rotatable bonds is 8. The van der Waals surface area contributed by atoms with Gasteiger partial charge >= 0.3 is 12.1 Å². The largest absolute Gasteiger partial charge is 0.478 e. The van der Waals surface area contributed by atoms with Gasteiger partial charge < -0.3 is 5.11 Å². The van der Waals surface area contributed by atoms with Gasteiger partial charge in [-0.15, -0.1) is 6.58 Å². The molecule has 1 unspecified atom stereocenters. The molecule has 1 N–H and O–H groups in total. The first kappa shape index (κ1) is 29.2. The third kappa shape index (κ3) is 5.70. The lowest BCUT2D eigenvalue weighted by atomic mass is 10.0. The van der Waals surface area contributed by atoms with E-state index in [0.29, 0.717) is 16.1 Å². The first-order chi connectivity index (χ1) is 19.9. The van der Waals surface area contributed by atoms with Crippen LogP contribution in [0.15, 0.2) is 110 Å². The van der Waals surface area contributed by atoms with Gasteiger partial charge in [0.25, 0.3) is 0 Å². The van der Waals surface area contributed by atoms with Crippen molar-refractivity contribution in [2.24, 2.45) is 0 Å². The van der Waals surface area contributed by atoms with Crippen molar-refractivity contribution in [3.63, 3.8) is 0 Å². The summed E-state index contributed by atoms with van der Waals surface area (Å²) in [7, 11) is -4.31. The number of carbonyl (C=O) groups is 1. The molecule has 0 radical (unpaired) electrons. The summed E-state index contributed by atoms with van der Waals surface area (Å²) in [6.45, 7) is 3.78. The summed E-state index contributed by atoms with van der Waals surface area (Å²) < 4.78 is 70.3. The molecule has 214 valence electrons. The van der Waals surface area contributed by atoms with Crippen molar-refractivity contribution < 1.29 is 31.5 Å². The van der Waals surface area contributed by atoms with E-state index < -0.39 is 33.0 Å². The lowest BCUT2D eigenvalue weighted by Crippen LogP contribution is -2.22. The lowest BCUT2D eigenvalue weighted by Gasteiger charge is -2.20. The highest BCUT2D eigenvalue weighted by Crippen LogP contribution is 2.37. The molecule has 0 aliphatic rings. The summed E-state index contributed by atoms with van der Waals surface area (Å²) in [6, 6.07) is 24.2. The molecule has 0 spiro atoms. The number of hydrogen-bond acceptors (Lipinski definition) is 3. The van der Waals surface area contributed by atoms with Gasteiger partial charge in [0.2, 0.25) is 10.0 Å². The van der Waals surface area contributed by atoms with Crippen LogP contribution in [0.3, 0.4) is 0 Å². The van der Waals surface area contributed by atoms with Gasteiger partial charge in [0.1, 0.15) is 5.25 Å². The Morgan fingerprint density at radius 3 is 2.24 bits per heavy atom. The predicted octanol–water partition coefficient (Wildman–Crippen LogP) is 8.37. The Balaban J connectivity index is 1.65. The van der Waals surface area contributed by atoms with Crippen molar-refractivity contribution in [3.8, 4) is 11.1 Å². The Morgan fingerprint density at radius 1 is 0.929 bits per heavy atom. The van der Waals surface area contributed by atoms with Gasteiger partial charge in [-0.2, -0.15) is 13.2 Å². The molecule has 4 aromatic carbocycles. The maximum Gasteiger partial charge on any atom is 0.416 e. The number of carboxylic acid groups (broad SMARTS) is 1. The Hall–Kier alpha value is -4.34. The van der Waals surface area contributed by atoms with Crippen LogP contribution in [0, 0.1) is 0 Å². The summed E-state index contributed by atoms with van der Waals surface area (Å²) in [5.41, 5.74) is 2.01. The van der Waals surface area contributed by atoms with Gasteiger partial charge in [-0.25, -0.2) is 17.2 Å². The summed E-state index contributed by atoms with van der Waals surface area (Å²) in [6.07, 6.45) is -3.31. The summed E-state index contributed by atoms with van der Waals surface area (Å²) >= 11 is 6.01. The SMILES string of the molecule is C=CC(c1cccc(-c2ccc(Cl)cc2)c1)S(=O)(=O)n1c(Cc2ccc(C(=O)O)cc2)cc2cc(C(F)(F)F)ccc21. The average molecular weight is 610 g/mol. The second-order valence-corrected chi connectivity index (χ2v) is 12.0. The molecule has 0 saturated heterocycles. The molecule has 0 fully saturated rings. The van der Waals surface area contributed by atoms with E-state index in [0.717, 1.165) is 33.3 Å². The standard InChI is InChI=1S/C32H23ClF3NO4S/c1-2-30(24-5-3-4-23(17-24)21-10-13-27(33)14-11-21)42(40,41)37-28(16-20-6-8-22(9-7-20)31(38)39)19-25-18-26(32(34,35)36)12-15-29(25)37/h2-15,17-19,30H,1,16H2,(H,38,39). The van der Waals surface area contributed by atoms with E-state index in [4.69, 9.17) is 11.6 Å². The van der Waals surface area contributed by atoms with Gasteiger partial charge in [-0.3, -0.25) is 0 Å². The number of carboxylic acids is 1. The molecule has 5 nitrogen and oxygen atoms in total. The molecule has 0 aliphatic heterocycles. The average Bonchev–Trinajstić information content (AvgIpc) is 3.31. The third-order valence-corrected chi connectivity index (χ3v) is 9.22. The highest BCUT2D eigenvalue weighted by molar-refractivity contribution is 7.90. The van der Waals surface area contributed by atoms with E-state index in [1.54, 1.807) is 42.5 Å². The molecular formula is C32H23ClF3NO4S. The molecule has 5 rings (SSSR count). The van der Waals surface area contributed by atoms with Crippen LogP contribution in [-0.4, -0.2) is 23.5 Å². The summed E-state index contributed by atoms with van der Waals surface area (Å²) in [4.78, 5) is 11.3. The van der Waals surface area contributed by atoms with Crippen LogP contribution in [0.25, 0.3) is 22.0 Å². The summed E-state index contributed by atoms with van der Waals surface area (Å²) in [5.74, 6) is -1.12. The lowest BCUT2D eigenvalue weighted by molar-refractivity contribution is -0.137. The van der Waals surface area contributed by atoms with E-state index >= 15 is 0 Å². The fourth-order valence-electron chi connectivity index (χ4n) is 4.90. The molecule has 0 aliphatic carbocycles. The van der Waals surface area contributed by atoms with Gasteiger partial charge in [0.05, 0.1) is 16.6 Å². The third-order valence-electron chi connectivity index (χ3n) is 6.92. The van der Waals surface area contributed by atoms with E-state index in [1.165, 1.54) is 24.3 Å². The Kier molecular flexibility index (Phi) is 7.74. The number of benzene rings is 4. The molecule has 0 saturated carbocycles. The number of hydrogen-bond donors (Lipinski definition) is 1. The monoisotopic (exact) mass is 609 g/mol. The Labute approximate surface area is 245 Å². The minimum atomic E-state index is -4.62. The number of nitrogens with zero attached hydrogens (tertiary/aromatic N) is 1. The van der Waals surface area contributed by atoms with E-state index in [1.807, 2.05) is 18.2 Å². The van der Waals surface area contributed by atoms with Crippen LogP contribution >= 0.6 is 11.6 Å². The molecule has 1 heterocycles. The van der Waals surface area contributed by atoms with Crippen LogP contribution in [-0.2, 0) is 22.6 Å². The van der Waals surface area contributed by atoms with Gasteiger partial charge in [-0.1, -0.05) is 60.1 Å². The number of fused-ring (bicyclic) bond motifs is 1. The van der Waals surface area contributed by atoms with Crippen LogP contribution in [0.5, 0.6) is 0 Å². The second-order valence-electron chi connectivity index (χ2n) is 9.68. The fourth-order valence-corrected chi connectivity index (χ4v) is 6.87. The van der Waals surface area contributed by atoms with Gasteiger partial charge in [0, 0.05) is 22.5 Å². The number of aromatic carboxylic acids is 1. The van der Waals surface area contributed by atoms with E-state index in [2.05, 4.69) is 6.58 Å². The predicted molar refractivity (Wildman–Crippen MR) is 157 cm³/mol. The minimum absolute atomic E-state index is 0.0177. The highest BCUT2D eigenvalue weighted by atomic mass is 35.5. The number of alkyl halides is 3. The Bertz CT molecular complexity index is 1910. The van der Waals surface area contributed by atoms with Crippen molar-refractivity contribution in [1.29, 1.82) is 0 Å². The van der Waals surface area contributed by atoms with Crippen molar-refractivity contribution >= 4 is 38.5 Å². The smallest absolute Gasteiger partial charge is 0.416 e. The number of halogens is 4. The number of aromatic nitrogens is 1. The molecule has 0 amide bonds. The fraction of sp³-hybridized carbons (Fsp3) is 0.0938. The van der Waals surface area contributed by atoms with Crippen molar-refractivity contribution in [3.05, 3.63) is 143 Å². The maximum atomic E-state index is 14.3. The molecule has 10 heteroatoms. The van der Waals surface area contributed by atoms with Gasteiger partial charge in [0.15, 0.2) is 0 Å². The van der Waals surface area contributed by atoms with Crippen LogP contribution in [0.1, 0.15) is 38.0 Å². The Morgan fingerprint density at radius 2 is 1.62 bits per heavy atom. The first-order valence-corrected chi connectivity index (χ1v) is 14.5. The van der Waals surface area contributed by atoms with Crippen molar-refractivity contribution in [2.45, 2.75) is 17.8 Å².